The number of benzene rings is 1. The first-order chi connectivity index (χ1) is 9.36. The lowest BCUT2D eigenvalue weighted by Gasteiger charge is -2.25. The summed E-state index contributed by atoms with van der Waals surface area (Å²) in [6.45, 7) is 0.592. The number of aliphatic hydroxyl groups is 1. The highest BCUT2D eigenvalue weighted by Gasteiger charge is 2.18. The molecule has 1 unspecified atom stereocenters. The lowest BCUT2D eigenvalue weighted by Crippen LogP contribution is -2.33. The van der Waals surface area contributed by atoms with Gasteiger partial charge in [-0.1, -0.05) is 0 Å². The number of hydrogen-bond acceptors (Lipinski definition) is 5. The van der Waals surface area contributed by atoms with Gasteiger partial charge in [-0.25, -0.2) is 0 Å². The molecule has 0 radical (unpaired) electrons. The lowest BCUT2D eigenvalue weighted by molar-refractivity contribution is 0.0693. The Balaban J connectivity index is 3.02. The average Bonchev–Trinajstić information content (AvgIpc) is 2.37. The fourth-order valence-electron chi connectivity index (χ4n) is 1.95. The van der Waals surface area contributed by atoms with Gasteiger partial charge in [-0.15, -0.1) is 0 Å². The molecule has 1 amide bonds. The topological polar surface area (TPSA) is 79.0 Å². The third-order valence-corrected chi connectivity index (χ3v) is 2.91. The van der Waals surface area contributed by atoms with Crippen molar-refractivity contribution in [3.8, 4) is 0 Å². The number of nitrogen functional groups attached to an aromatic ring is 1. The maximum Gasteiger partial charge on any atom is 0.255 e. The number of anilines is 2. The Labute approximate surface area is 119 Å². The molecule has 0 spiro atoms. The van der Waals surface area contributed by atoms with Gasteiger partial charge in [0.15, 0.2) is 0 Å². The molecule has 1 atom stereocenters. The van der Waals surface area contributed by atoms with Crippen molar-refractivity contribution in [2.24, 2.45) is 0 Å². The maximum absolute atomic E-state index is 12.2. The summed E-state index contributed by atoms with van der Waals surface area (Å²) in [5.41, 5.74) is 7.61. The highest BCUT2D eigenvalue weighted by molar-refractivity contribution is 6.00. The van der Waals surface area contributed by atoms with Crippen molar-refractivity contribution < 1.29 is 14.6 Å². The zero-order chi connectivity index (χ0) is 15.3. The van der Waals surface area contributed by atoms with Crippen LogP contribution in [0.3, 0.4) is 0 Å². The molecule has 0 aromatic heterocycles. The Bertz CT molecular complexity index is 463. The third-order valence-electron chi connectivity index (χ3n) is 2.91. The third kappa shape index (κ3) is 4.11. The molecular weight excluding hydrogens is 258 g/mol. The Morgan fingerprint density at radius 3 is 2.60 bits per heavy atom. The Morgan fingerprint density at radius 2 is 2.05 bits per heavy atom. The van der Waals surface area contributed by atoms with Crippen molar-refractivity contribution in [2.45, 2.75) is 6.10 Å². The van der Waals surface area contributed by atoms with Gasteiger partial charge in [0.05, 0.1) is 24.0 Å². The van der Waals surface area contributed by atoms with Gasteiger partial charge in [-0.2, -0.15) is 0 Å². The number of aliphatic hydroxyl groups excluding tert-OH is 1. The van der Waals surface area contributed by atoms with Crippen molar-refractivity contribution in [1.82, 2.24) is 4.90 Å². The predicted octanol–water partition coefficient (Wildman–Crippen LogP) is 0.414. The van der Waals surface area contributed by atoms with Crippen molar-refractivity contribution in [3.63, 3.8) is 0 Å². The van der Waals surface area contributed by atoms with E-state index in [0.29, 0.717) is 23.5 Å². The number of carbonyl (C=O) groups excluding carboxylic acids is 1. The van der Waals surface area contributed by atoms with Gasteiger partial charge in [-0.05, 0) is 18.2 Å². The molecule has 112 valence electrons. The summed E-state index contributed by atoms with van der Waals surface area (Å²) < 4.78 is 4.90. The van der Waals surface area contributed by atoms with Gasteiger partial charge in [0.1, 0.15) is 0 Å². The van der Waals surface area contributed by atoms with Crippen LogP contribution in [0.15, 0.2) is 18.2 Å². The molecule has 6 heteroatoms. The van der Waals surface area contributed by atoms with E-state index in [9.17, 15) is 9.90 Å². The van der Waals surface area contributed by atoms with E-state index in [1.807, 2.05) is 0 Å². The minimum absolute atomic E-state index is 0.104. The number of carbonyl (C=O) groups is 1. The Morgan fingerprint density at radius 1 is 1.40 bits per heavy atom. The van der Waals surface area contributed by atoms with E-state index in [1.165, 1.54) is 12.0 Å². The molecule has 1 aromatic carbocycles. The summed E-state index contributed by atoms with van der Waals surface area (Å²) in [6, 6.07) is 5.13. The number of hydrogen-bond donors (Lipinski definition) is 2. The normalized spacial score (nSPS) is 12.1. The standard InChI is InChI=1S/C14H23N3O3/c1-16(2)14(19)12-6-5-10(15)7-13(12)17(3)8-11(18)9-20-4/h5-7,11,18H,8-9,15H2,1-4H3. The quantitative estimate of drug-likeness (QED) is 0.739. The van der Waals surface area contributed by atoms with E-state index in [4.69, 9.17) is 10.5 Å². The summed E-state index contributed by atoms with van der Waals surface area (Å²) in [7, 11) is 6.73. The van der Waals surface area contributed by atoms with Crippen LogP contribution >= 0.6 is 0 Å². The highest BCUT2D eigenvalue weighted by atomic mass is 16.5. The Hall–Kier alpha value is -1.79. The van der Waals surface area contributed by atoms with Crippen LogP contribution in [0.4, 0.5) is 11.4 Å². The van der Waals surface area contributed by atoms with Crippen molar-refractivity contribution in [2.75, 3.05) is 52.0 Å². The zero-order valence-electron chi connectivity index (χ0n) is 12.5. The summed E-state index contributed by atoms with van der Waals surface area (Å²) in [6.07, 6.45) is -0.631. The number of methoxy groups -OCH3 is 1. The van der Waals surface area contributed by atoms with Crippen LogP contribution < -0.4 is 10.6 Å². The molecular formula is C14H23N3O3. The van der Waals surface area contributed by atoms with E-state index < -0.39 is 6.10 Å². The van der Waals surface area contributed by atoms with Gasteiger partial charge in [0, 0.05) is 40.5 Å². The van der Waals surface area contributed by atoms with Gasteiger partial charge in [0.25, 0.3) is 5.91 Å². The Kier molecular flexibility index (Phi) is 5.79. The zero-order valence-corrected chi connectivity index (χ0v) is 12.5. The van der Waals surface area contributed by atoms with Crippen LogP contribution in [0.25, 0.3) is 0 Å². The fraction of sp³-hybridized carbons (Fsp3) is 0.500. The molecule has 0 aliphatic rings. The van der Waals surface area contributed by atoms with E-state index in [2.05, 4.69) is 0 Å². The first-order valence-corrected chi connectivity index (χ1v) is 6.36. The van der Waals surface area contributed by atoms with Gasteiger partial charge < -0.3 is 25.4 Å². The average molecular weight is 281 g/mol. The minimum atomic E-state index is -0.631. The summed E-state index contributed by atoms with van der Waals surface area (Å²) in [5.74, 6) is -0.104. The molecule has 0 saturated heterocycles. The van der Waals surface area contributed by atoms with Gasteiger partial charge in [-0.3, -0.25) is 4.79 Å². The van der Waals surface area contributed by atoms with Crippen LogP contribution in [0.5, 0.6) is 0 Å². The van der Waals surface area contributed by atoms with Crippen LogP contribution in [0.1, 0.15) is 10.4 Å². The fourth-order valence-corrected chi connectivity index (χ4v) is 1.95. The van der Waals surface area contributed by atoms with Crippen LogP contribution in [0.2, 0.25) is 0 Å². The van der Waals surface area contributed by atoms with E-state index >= 15 is 0 Å². The van der Waals surface area contributed by atoms with Crippen LogP contribution in [-0.4, -0.2) is 63.4 Å². The first-order valence-electron chi connectivity index (χ1n) is 6.36. The summed E-state index contributed by atoms with van der Waals surface area (Å²) >= 11 is 0. The molecule has 6 nitrogen and oxygen atoms in total. The summed E-state index contributed by atoms with van der Waals surface area (Å²) in [4.78, 5) is 15.5. The van der Waals surface area contributed by atoms with E-state index in [0.717, 1.165) is 0 Å². The molecule has 1 rings (SSSR count). The minimum Gasteiger partial charge on any atom is -0.399 e. The van der Waals surface area contributed by atoms with Crippen molar-refractivity contribution >= 4 is 17.3 Å². The lowest BCUT2D eigenvalue weighted by atomic mass is 10.1. The number of rotatable bonds is 6. The number of nitrogens with zero attached hydrogens (tertiary/aromatic N) is 2. The molecule has 0 aliphatic heterocycles. The molecule has 0 heterocycles. The van der Waals surface area contributed by atoms with Crippen molar-refractivity contribution in [3.05, 3.63) is 23.8 Å². The summed E-state index contributed by atoms with van der Waals surface area (Å²) in [5, 5.41) is 9.80. The SMILES string of the molecule is COCC(O)CN(C)c1cc(N)ccc1C(=O)N(C)C. The molecule has 0 aliphatic carbocycles. The molecule has 0 saturated carbocycles. The maximum atomic E-state index is 12.2. The monoisotopic (exact) mass is 281 g/mol. The smallest absolute Gasteiger partial charge is 0.255 e. The van der Waals surface area contributed by atoms with Gasteiger partial charge in [0.2, 0.25) is 0 Å². The second-order valence-corrected chi connectivity index (χ2v) is 4.97. The molecule has 1 aromatic rings. The number of amides is 1. The van der Waals surface area contributed by atoms with Crippen LogP contribution in [-0.2, 0) is 4.74 Å². The molecule has 20 heavy (non-hydrogen) atoms. The molecule has 0 fully saturated rings. The van der Waals surface area contributed by atoms with E-state index in [1.54, 1.807) is 44.2 Å². The largest absolute Gasteiger partial charge is 0.399 e. The van der Waals surface area contributed by atoms with Crippen LogP contribution in [0, 0.1) is 0 Å². The number of nitrogens with two attached hydrogens (primary N) is 1. The highest BCUT2D eigenvalue weighted by Crippen LogP contribution is 2.24. The molecule has 3 N–H and O–H groups in total. The predicted molar refractivity (Wildman–Crippen MR) is 80.0 cm³/mol. The van der Waals surface area contributed by atoms with Crippen molar-refractivity contribution in [1.29, 1.82) is 0 Å². The number of likely N-dealkylation sites (N-methyl/N-ethyl adjacent to an activating group) is 1. The second-order valence-electron chi connectivity index (χ2n) is 4.97. The molecule has 0 bridgehead atoms. The number of ether oxygens (including phenoxy) is 1. The van der Waals surface area contributed by atoms with E-state index in [-0.39, 0.29) is 12.5 Å². The first kappa shape index (κ1) is 16.3. The van der Waals surface area contributed by atoms with Gasteiger partial charge >= 0.3 is 0 Å². The second kappa shape index (κ2) is 7.12.